The summed E-state index contributed by atoms with van der Waals surface area (Å²) in [6, 6.07) is 28.8. The van der Waals surface area contributed by atoms with Gasteiger partial charge in [0.1, 0.15) is 0 Å². The third-order valence-electron chi connectivity index (χ3n) is 7.93. The molecule has 4 atom stereocenters. The van der Waals surface area contributed by atoms with Gasteiger partial charge >= 0.3 is 0 Å². The van der Waals surface area contributed by atoms with E-state index in [2.05, 4.69) is 39.2 Å². The van der Waals surface area contributed by atoms with Gasteiger partial charge in [-0.15, -0.1) is 0 Å². The fraction of sp³-hybridized carbons (Fsp3) is 0.394. The van der Waals surface area contributed by atoms with Crippen molar-refractivity contribution in [3.8, 4) is 0 Å². The first-order valence-electron chi connectivity index (χ1n) is 14.1. The lowest BCUT2D eigenvalue weighted by Gasteiger charge is -2.45. The number of ether oxygens (including phenoxy) is 1. The molecule has 3 aromatic rings. The van der Waals surface area contributed by atoms with Crippen LogP contribution in [0.3, 0.4) is 0 Å². The lowest BCUT2D eigenvalue weighted by atomic mass is 9.85. The van der Waals surface area contributed by atoms with Gasteiger partial charge in [-0.2, -0.15) is 0 Å². The molecule has 8 heteroatoms. The molecule has 0 fully saturated rings. The van der Waals surface area contributed by atoms with Gasteiger partial charge < -0.3 is 20.2 Å². The predicted molar refractivity (Wildman–Crippen MR) is 168 cm³/mol. The Labute approximate surface area is 247 Å². The Bertz CT molecular complexity index is 1240. The summed E-state index contributed by atoms with van der Waals surface area (Å²) in [6.07, 6.45) is -0.691. The summed E-state index contributed by atoms with van der Waals surface area (Å²) in [5.41, 5.74) is 9.03. The van der Waals surface area contributed by atoms with Gasteiger partial charge in [-0.1, -0.05) is 112 Å². The van der Waals surface area contributed by atoms with Crippen LogP contribution >= 0.6 is 0 Å². The molecular formula is C33H43BN2O4Si. The highest BCUT2D eigenvalue weighted by Gasteiger charge is 2.46. The van der Waals surface area contributed by atoms with Crippen molar-refractivity contribution in [2.45, 2.75) is 76.6 Å². The second-order valence-corrected chi connectivity index (χ2v) is 16.9. The zero-order chi connectivity index (χ0) is 30.0. The lowest BCUT2D eigenvalue weighted by molar-refractivity contribution is -0.135. The molecule has 3 rings (SSSR count). The van der Waals surface area contributed by atoms with Crippen molar-refractivity contribution in [3.63, 3.8) is 0 Å². The highest BCUT2D eigenvalue weighted by atomic mass is 28.4. The van der Waals surface area contributed by atoms with Gasteiger partial charge in [0, 0.05) is 0 Å². The van der Waals surface area contributed by atoms with Gasteiger partial charge in [0.15, 0.2) is 14.1 Å². The minimum absolute atomic E-state index is 0.152. The quantitative estimate of drug-likeness (QED) is 0.240. The molecule has 41 heavy (non-hydrogen) atoms. The van der Waals surface area contributed by atoms with Crippen LogP contribution in [0, 0.1) is 5.92 Å². The Hall–Kier alpha value is -3.20. The van der Waals surface area contributed by atoms with E-state index in [9.17, 15) is 9.59 Å². The van der Waals surface area contributed by atoms with Crippen LogP contribution < -0.4 is 11.1 Å². The zero-order valence-electron chi connectivity index (χ0n) is 24.9. The summed E-state index contributed by atoms with van der Waals surface area (Å²) in [5.74, 6) is -1.90. The van der Waals surface area contributed by atoms with Crippen molar-refractivity contribution in [1.82, 2.24) is 5.32 Å². The van der Waals surface area contributed by atoms with E-state index in [1.165, 1.54) is 0 Å². The van der Waals surface area contributed by atoms with Crippen molar-refractivity contribution in [1.29, 1.82) is 0 Å². The molecule has 6 nitrogen and oxygen atoms in total. The van der Waals surface area contributed by atoms with Gasteiger partial charge in [0.05, 0.1) is 30.8 Å². The standard InChI is InChI=1S/C33H43BN2O4Si/c1-33(2,3)41(4,5)40-30(28(36-32(34)38)22-25-17-11-7-12-18-25)29(39-23-26-19-13-8-14-20-26)27(31(35)37)21-24-15-9-6-10-16-24/h6-20,27-30H,21-23H2,1-5H3,(H2,35,37)(H,36,38). The van der Waals surface area contributed by atoms with Crippen molar-refractivity contribution >= 4 is 27.9 Å². The summed E-state index contributed by atoms with van der Waals surface area (Å²) in [7, 11) is 3.27. The molecule has 3 N–H and O–H groups in total. The van der Waals surface area contributed by atoms with Crippen LogP contribution in [0.5, 0.6) is 0 Å². The monoisotopic (exact) mass is 570 g/mol. The number of carbonyl (C=O) groups excluding carboxylic acids is 2. The van der Waals surface area contributed by atoms with Crippen LogP contribution in [0.1, 0.15) is 37.5 Å². The van der Waals surface area contributed by atoms with Gasteiger partial charge in [-0.25, -0.2) is 0 Å². The summed E-state index contributed by atoms with van der Waals surface area (Å²) in [6.45, 7) is 11.0. The highest BCUT2D eigenvalue weighted by Crippen LogP contribution is 2.39. The maximum Gasteiger partial charge on any atom is 0.223 e. The molecule has 216 valence electrons. The fourth-order valence-electron chi connectivity index (χ4n) is 4.65. The molecule has 0 heterocycles. The second-order valence-electron chi connectivity index (χ2n) is 12.1. The maximum atomic E-state index is 13.2. The van der Waals surface area contributed by atoms with Crippen molar-refractivity contribution < 1.29 is 18.8 Å². The molecule has 2 radical (unpaired) electrons. The van der Waals surface area contributed by atoms with Gasteiger partial charge in [0.2, 0.25) is 13.8 Å². The summed E-state index contributed by atoms with van der Waals surface area (Å²) >= 11 is 0. The van der Waals surface area contributed by atoms with Crippen molar-refractivity contribution in [2.24, 2.45) is 11.7 Å². The third kappa shape index (κ3) is 9.70. The van der Waals surface area contributed by atoms with E-state index in [1.807, 2.05) is 91.0 Å². The Morgan fingerprint density at radius 2 is 1.27 bits per heavy atom. The molecule has 0 aliphatic rings. The molecule has 3 aromatic carbocycles. The van der Waals surface area contributed by atoms with E-state index >= 15 is 0 Å². The topological polar surface area (TPSA) is 90.7 Å². The van der Waals surface area contributed by atoms with Gasteiger partial charge in [0.25, 0.3) is 0 Å². The van der Waals surface area contributed by atoms with E-state index in [4.69, 9.17) is 22.7 Å². The number of nitrogens with one attached hydrogen (secondary N) is 1. The van der Waals surface area contributed by atoms with Gasteiger partial charge in [-0.3, -0.25) is 9.59 Å². The second kappa shape index (κ2) is 14.6. The fourth-order valence-corrected chi connectivity index (χ4v) is 5.98. The van der Waals surface area contributed by atoms with Crippen LogP contribution in [-0.2, 0) is 33.4 Å². The molecule has 4 unspecified atom stereocenters. The first kappa shape index (κ1) is 32.3. The largest absolute Gasteiger partial charge is 0.409 e. The molecule has 0 aliphatic carbocycles. The van der Waals surface area contributed by atoms with Crippen LogP contribution in [-0.4, -0.2) is 46.1 Å². The first-order valence-corrected chi connectivity index (χ1v) is 17.0. The molecule has 2 amide bonds. The molecule has 0 saturated heterocycles. The number of rotatable bonds is 14. The predicted octanol–water partition coefficient (Wildman–Crippen LogP) is 5.80. The molecule has 0 bridgehead atoms. The van der Waals surface area contributed by atoms with E-state index < -0.39 is 44.2 Å². The van der Waals surface area contributed by atoms with Crippen molar-refractivity contribution in [2.75, 3.05) is 0 Å². The number of hydrogen-bond acceptors (Lipinski definition) is 4. The number of hydrogen-bond donors (Lipinski definition) is 2. The zero-order valence-corrected chi connectivity index (χ0v) is 25.9. The van der Waals surface area contributed by atoms with E-state index in [0.29, 0.717) is 12.8 Å². The minimum atomic E-state index is -2.47. The number of primary amides is 1. The Balaban J connectivity index is 2.14. The lowest BCUT2D eigenvalue weighted by Crippen LogP contribution is -2.60. The molecule has 0 aromatic heterocycles. The highest BCUT2D eigenvalue weighted by molar-refractivity contribution is 6.74. The molecule has 0 aliphatic heterocycles. The summed E-state index contributed by atoms with van der Waals surface area (Å²) in [4.78, 5) is 25.6. The average Bonchev–Trinajstić information content (AvgIpc) is 2.92. The maximum absolute atomic E-state index is 13.2. The minimum Gasteiger partial charge on any atom is -0.409 e. The van der Waals surface area contributed by atoms with E-state index in [-0.39, 0.29) is 11.6 Å². The summed E-state index contributed by atoms with van der Waals surface area (Å²) in [5, 5.41) is 2.79. The molecule has 0 spiro atoms. The number of nitrogens with two attached hydrogens (primary N) is 1. The molecule has 0 saturated carbocycles. The van der Waals surface area contributed by atoms with Crippen molar-refractivity contribution in [3.05, 3.63) is 108 Å². The van der Waals surface area contributed by atoms with E-state index in [0.717, 1.165) is 16.7 Å². The van der Waals surface area contributed by atoms with Gasteiger partial charge in [-0.05, 0) is 47.7 Å². The Kier molecular flexibility index (Phi) is 11.5. The van der Waals surface area contributed by atoms with Crippen LogP contribution in [0.25, 0.3) is 0 Å². The number of amides is 2. The van der Waals surface area contributed by atoms with Crippen LogP contribution in [0.15, 0.2) is 91.0 Å². The molecular weight excluding hydrogens is 527 g/mol. The third-order valence-corrected chi connectivity index (χ3v) is 12.4. The number of benzene rings is 3. The SMILES string of the molecule is [B]C(=O)NC(Cc1ccccc1)C(O[Si](C)(C)C(C)(C)C)C(OCc1ccccc1)C(Cc1ccccc1)C(N)=O. The Morgan fingerprint density at radius 1 is 0.805 bits per heavy atom. The summed E-state index contributed by atoms with van der Waals surface area (Å²) < 4.78 is 13.7. The average molecular weight is 571 g/mol. The van der Waals surface area contributed by atoms with Crippen LogP contribution in [0.4, 0.5) is 4.79 Å². The normalized spacial score (nSPS) is 15.0. The van der Waals surface area contributed by atoms with E-state index in [1.54, 1.807) is 0 Å². The van der Waals surface area contributed by atoms with Crippen LogP contribution in [0.2, 0.25) is 18.1 Å². The Morgan fingerprint density at radius 3 is 1.71 bits per heavy atom. The smallest absolute Gasteiger partial charge is 0.223 e. The first-order chi connectivity index (χ1) is 19.4. The number of carbonyl (C=O) groups is 2.